The van der Waals surface area contributed by atoms with Crippen LogP contribution in [0.1, 0.15) is 19.9 Å². The number of hydrogen-bond acceptors (Lipinski definition) is 5. The van der Waals surface area contributed by atoms with E-state index in [2.05, 4.69) is 31.0 Å². The van der Waals surface area contributed by atoms with E-state index in [1.165, 1.54) is 0 Å². The molecular formula is C10H12BrN5O. The molecule has 2 N–H and O–H groups in total. The number of aromatic nitrogens is 4. The Labute approximate surface area is 107 Å². The Morgan fingerprint density at radius 3 is 2.82 bits per heavy atom. The van der Waals surface area contributed by atoms with E-state index in [-0.39, 0.29) is 12.0 Å². The van der Waals surface area contributed by atoms with E-state index < -0.39 is 0 Å². The second-order valence-corrected chi connectivity index (χ2v) is 4.59. The molecule has 0 bridgehead atoms. The third-order valence-corrected chi connectivity index (χ3v) is 2.60. The minimum absolute atomic E-state index is 0.166. The van der Waals surface area contributed by atoms with Crippen molar-refractivity contribution in [2.24, 2.45) is 0 Å². The van der Waals surface area contributed by atoms with Crippen molar-refractivity contribution in [3.05, 3.63) is 23.1 Å². The van der Waals surface area contributed by atoms with Gasteiger partial charge in [-0.1, -0.05) is 0 Å². The SMILES string of the molecule is CC(C)n1cc(Oc2nc(N)ncc2Br)cn1. The predicted octanol–water partition coefficient (Wildman–Crippen LogP) is 2.39. The number of nitrogen functional groups attached to an aromatic ring is 1. The van der Waals surface area contributed by atoms with Crippen LogP contribution in [0.5, 0.6) is 11.6 Å². The molecule has 0 saturated heterocycles. The summed E-state index contributed by atoms with van der Waals surface area (Å²) in [6, 6.07) is 0.284. The van der Waals surface area contributed by atoms with Crippen molar-refractivity contribution >= 4 is 21.9 Å². The average molecular weight is 298 g/mol. The second kappa shape index (κ2) is 4.70. The van der Waals surface area contributed by atoms with Crippen LogP contribution in [0.25, 0.3) is 0 Å². The number of nitrogens with two attached hydrogens (primary N) is 1. The first-order chi connectivity index (χ1) is 8.06. The zero-order chi connectivity index (χ0) is 12.4. The molecule has 0 aliphatic carbocycles. The molecule has 0 unspecified atom stereocenters. The molecule has 2 aromatic heterocycles. The van der Waals surface area contributed by atoms with Gasteiger partial charge < -0.3 is 10.5 Å². The van der Waals surface area contributed by atoms with Gasteiger partial charge in [0.25, 0.3) is 0 Å². The van der Waals surface area contributed by atoms with Crippen LogP contribution in [0.4, 0.5) is 5.95 Å². The summed E-state index contributed by atoms with van der Waals surface area (Å²) in [6.45, 7) is 4.07. The fraction of sp³-hybridized carbons (Fsp3) is 0.300. The maximum Gasteiger partial charge on any atom is 0.238 e. The highest BCUT2D eigenvalue weighted by Crippen LogP contribution is 2.27. The highest BCUT2D eigenvalue weighted by Gasteiger charge is 2.08. The van der Waals surface area contributed by atoms with Crippen molar-refractivity contribution < 1.29 is 4.74 Å². The van der Waals surface area contributed by atoms with E-state index in [0.717, 1.165) is 0 Å². The number of rotatable bonds is 3. The summed E-state index contributed by atoms with van der Waals surface area (Å²) in [6.07, 6.45) is 4.98. The molecule has 0 atom stereocenters. The van der Waals surface area contributed by atoms with Gasteiger partial charge in [-0.05, 0) is 29.8 Å². The molecule has 2 heterocycles. The number of nitrogens with zero attached hydrogens (tertiary/aromatic N) is 4. The molecule has 6 nitrogen and oxygen atoms in total. The molecule has 0 aliphatic rings. The Balaban J connectivity index is 2.22. The summed E-state index contributed by atoms with van der Waals surface area (Å²) >= 11 is 3.29. The van der Waals surface area contributed by atoms with Crippen LogP contribution in [0.2, 0.25) is 0 Å². The number of halogens is 1. The van der Waals surface area contributed by atoms with Crippen LogP contribution in [0.15, 0.2) is 23.1 Å². The van der Waals surface area contributed by atoms with Gasteiger partial charge in [0.1, 0.15) is 0 Å². The minimum atomic E-state index is 0.166. The first-order valence-electron chi connectivity index (χ1n) is 5.06. The molecule has 0 amide bonds. The van der Waals surface area contributed by atoms with Crippen molar-refractivity contribution in [2.45, 2.75) is 19.9 Å². The summed E-state index contributed by atoms with van der Waals surface area (Å²) in [4.78, 5) is 7.82. The second-order valence-electron chi connectivity index (χ2n) is 3.73. The van der Waals surface area contributed by atoms with Gasteiger partial charge in [0.05, 0.1) is 23.1 Å². The van der Waals surface area contributed by atoms with Gasteiger partial charge >= 0.3 is 0 Å². The molecule has 7 heteroatoms. The van der Waals surface area contributed by atoms with E-state index in [0.29, 0.717) is 16.1 Å². The van der Waals surface area contributed by atoms with Gasteiger partial charge in [-0.3, -0.25) is 4.68 Å². The third-order valence-electron chi connectivity index (χ3n) is 2.05. The fourth-order valence-electron chi connectivity index (χ4n) is 1.20. The lowest BCUT2D eigenvalue weighted by Gasteiger charge is -2.05. The van der Waals surface area contributed by atoms with Crippen molar-refractivity contribution in [3.8, 4) is 11.6 Å². The number of hydrogen-bond donors (Lipinski definition) is 1. The van der Waals surface area contributed by atoms with Crippen molar-refractivity contribution in [1.29, 1.82) is 0 Å². The van der Waals surface area contributed by atoms with Crippen LogP contribution in [0, 0.1) is 0 Å². The van der Waals surface area contributed by atoms with E-state index in [4.69, 9.17) is 10.5 Å². The summed E-state index contributed by atoms with van der Waals surface area (Å²) in [5.41, 5.74) is 5.49. The lowest BCUT2D eigenvalue weighted by atomic mass is 10.4. The first kappa shape index (κ1) is 11.8. The van der Waals surface area contributed by atoms with Gasteiger partial charge in [0.2, 0.25) is 11.8 Å². The maximum absolute atomic E-state index is 5.56. The van der Waals surface area contributed by atoms with Gasteiger partial charge in [-0.15, -0.1) is 0 Å². The molecule has 2 aromatic rings. The lowest BCUT2D eigenvalue weighted by molar-refractivity contribution is 0.455. The van der Waals surface area contributed by atoms with Crippen LogP contribution in [0.3, 0.4) is 0 Å². The minimum Gasteiger partial charge on any atom is -0.434 e. The Morgan fingerprint density at radius 1 is 1.41 bits per heavy atom. The van der Waals surface area contributed by atoms with Crippen LogP contribution >= 0.6 is 15.9 Å². The first-order valence-corrected chi connectivity index (χ1v) is 5.85. The summed E-state index contributed by atoms with van der Waals surface area (Å²) in [5, 5.41) is 4.17. The zero-order valence-electron chi connectivity index (χ0n) is 9.46. The largest absolute Gasteiger partial charge is 0.434 e. The smallest absolute Gasteiger partial charge is 0.238 e. The topological polar surface area (TPSA) is 78.9 Å². The Bertz CT molecular complexity index is 525. The quantitative estimate of drug-likeness (QED) is 0.941. The summed E-state index contributed by atoms with van der Waals surface area (Å²) < 4.78 is 8.00. The molecule has 0 fully saturated rings. The van der Waals surface area contributed by atoms with Crippen LogP contribution in [-0.4, -0.2) is 19.7 Å². The van der Waals surface area contributed by atoms with E-state index in [9.17, 15) is 0 Å². The molecule has 0 aromatic carbocycles. The van der Waals surface area contributed by atoms with Gasteiger partial charge in [0, 0.05) is 6.04 Å². The molecular weight excluding hydrogens is 286 g/mol. The number of ether oxygens (including phenoxy) is 1. The molecule has 17 heavy (non-hydrogen) atoms. The summed E-state index contributed by atoms with van der Waals surface area (Å²) in [5.74, 6) is 1.15. The zero-order valence-corrected chi connectivity index (χ0v) is 11.0. The predicted molar refractivity (Wildman–Crippen MR) is 66.8 cm³/mol. The highest BCUT2D eigenvalue weighted by molar-refractivity contribution is 9.10. The van der Waals surface area contributed by atoms with E-state index in [1.807, 2.05) is 13.8 Å². The fourth-order valence-corrected chi connectivity index (χ4v) is 1.48. The van der Waals surface area contributed by atoms with Gasteiger partial charge in [-0.25, -0.2) is 4.98 Å². The van der Waals surface area contributed by atoms with E-state index >= 15 is 0 Å². The Hall–Kier alpha value is -1.63. The molecule has 0 saturated carbocycles. The third kappa shape index (κ3) is 2.73. The van der Waals surface area contributed by atoms with E-state index in [1.54, 1.807) is 23.3 Å². The van der Waals surface area contributed by atoms with Crippen LogP contribution < -0.4 is 10.5 Å². The molecule has 2 rings (SSSR count). The van der Waals surface area contributed by atoms with Gasteiger partial charge in [0.15, 0.2) is 5.75 Å². The monoisotopic (exact) mass is 297 g/mol. The number of anilines is 1. The normalized spacial score (nSPS) is 10.8. The molecule has 0 spiro atoms. The molecule has 0 radical (unpaired) electrons. The summed E-state index contributed by atoms with van der Waals surface area (Å²) in [7, 11) is 0. The van der Waals surface area contributed by atoms with Crippen molar-refractivity contribution in [2.75, 3.05) is 5.73 Å². The molecule has 90 valence electrons. The lowest BCUT2D eigenvalue weighted by Crippen LogP contribution is -2.00. The van der Waals surface area contributed by atoms with Gasteiger partial charge in [-0.2, -0.15) is 10.1 Å². The standard InChI is InChI=1S/C10H12BrN5O/c1-6(2)16-5-7(3-14-16)17-9-8(11)4-13-10(12)15-9/h3-6H,1-2H3,(H2,12,13,15). The van der Waals surface area contributed by atoms with Crippen molar-refractivity contribution in [1.82, 2.24) is 19.7 Å². The maximum atomic E-state index is 5.56. The molecule has 0 aliphatic heterocycles. The Morgan fingerprint density at radius 2 is 2.18 bits per heavy atom. The Kier molecular flexibility index (Phi) is 3.28. The highest BCUT2D eigenvalue weighted by atomic mass is 79.9. The average Bonchev–Trinajstić information content (AvgIpc) is 2.72. The van der Waals surface area contributed by atoms with Crippen LogP contribution in [-0.2, 0) is 0 Å². The van der Waals surface area contributed by atoms with Crippen molar-refractivity contribution in [3.63, 3.8) is 0 Å².